The Balaban J connectivity index is 2.16. The topological polar surface area (TPSA) is 60.9 Å². The lowest BCUT2D eigenvalue weighted by molar-refractivity contribution is -0.134. The van der Waals surface area contributed by atoms with Gasteiger partial charge in [-0.3, -0.25) is 4.79 Å². The molecule has 2 aliphatic rings. The molecule has 7 heteroatoms. The molecule has 2 rings (SSSR count). The smallest absolute Gasteiger partial charge is 0.243 e. The van der Waals surface area contributed by atoms with Crippen LogP contribution in [0.5, 0.6) is 0 Å². The number of amides is 1. The van der Waals surface area contributed by atoms with Crippen LogP contribution in [0.25, 0.3) is 0 Å². The molecular formula is C30H53N3O3S. The minimum atomic E-state index is -3.68. The number of hydrogen-bond donors (Lipinski definition) is 0. The third-order valence-electron chi connectivity index (χ3n) is 8.28. The molecule has 2 fully saturated rings. The van der Waals surface area contributed by atoms with Crippen LogP contribution in [0.1, 0.15) is 98.8 Å². The van der Waals surface area contributed by atoms with Crippen molar-refractivity contribution in [1.82, 2.24) is 14.1 Å². The first-order valence-electron chi connectivity index (χ1n) is 14.7. The number of hydrogen-bond acceptors (Lipinski definition) is 4. The molecule has 1 atom stereocenters. The number of piperidine rings is 1. The first-order valence-corrected chi connectivity index (χ1v) is 16.1. The molecule has 0 bridgehead atoms. The molecule has 6 nitrogen and oxygen atoms in total. The number of allylic oxidation sites excluding steroid dienone is 4. The van der Waals surface area contributed by atoms with E-state index in [0.29, 0.717) is 23.9 Å². The minimum Gasteiger partial charge on any atom is -0.343 e. The first kappa shape index (κ1) is 31.8. The largest absolute Gasteiger partial charge is 0.343 e. The second-order valence-corrected chi connectivity index (χ2v) is 12.8. The number of likely N-dealkylation sites (tertiary alicyclic amines) is 1. The standard InChI is InChI=1S/C30H53N3O3S/c1-7-13-15-26(10-4)33(37(35,36)28(11-5)16-14-8-2)25-30(19-20-30)24-29(34)32-22-17-27(18-23-32)31(12-6)21-9-3/h8,11,14,16,26-27H,2,7,9-10,12-13,15,17-25H2,1,3-6H3/b16-14-,28-11+/t26-/m1/s1. The molecule has 212 valence electrons. The van der Waals surface area contributed by atoms with Crippen LogP contribution >= 0.6 is 0 Å². The number of nitrogens with zero attached hydrogens (tertiary/aromatic N) is 3. The Bertz CT molecular complexity index is 884. The van der Waals surface area contributed by atoms with Crippen LogP contribution < -0.4 is 0 Å². The molecule has 0 aromatic rings. The predicted octanol–water partition coefficient (Wildman–Crippen LogP) is 6.13. The average molecular weight is 536 g/mol. The third kappa shape index (κ3) is 8.79. The molecule has 1 heterocycles. The lowest BCUT2D eigenvalue weighted by Crippen LogP contribution is -2.48. The molecule has 1 saturated carbocycles. The van der Waals surface area contributed by atoms with Gasteiger partial charge in [-0.1, -0.05) is 65.3 Å². The highest BCUT2D eigenvalue weighted by molar-refractivity contribution is 7.93. The normalized spacial score (nSPS) is 19.6. The second kappa shape index (κ2) is 15.2. The summed E-state index contributed by atoms with van der Waals surface area (Å²) in [7, 11) is -3.68. The Hall–Kier alpha value is -1.44. The monoisotopic (exact) mass is 535 g/mol. The Kier molecular flexibility index (Phi) is 13.1. The van der Waals surface area contributed by atoms with Gasteiger partial charge in [-0.25, -0.2) is 8.42 Å². The summed E-state index contributed by atoms with van der Waals surface area (Å²) < 4.78 is 29.5. The van der Waals surface area contributed by atoms with Gasteiger partial charge in [0.05, 0.1) is 4.91 Å². The van der Waals surface area contributed by atoms with Crippen molar-refractivity contribution in [3.63, 3.8) is 0 Å². The molecule has 1 aliphatic heterocycles. The zero-order valence-corrected chi connectivity index (χ0v) is 25.1. The van der Waals surface area contributed by atoms with Crippen molar-refractivity contribution in [2.45, 2.75) is 111 Å². The number of carbonyl (C=O) groups excluding carboxylic acids is 1. The van der Waals surface area contributed by atoms with Gasteiger partial charge in [-0.05, 0) is 76.5 Å². The van der Waals surface area contributed by atoms with Gasteiger partial charge >= 0.3 is 0 Å². The predicted molar refractivity (Wildman–Crippen MR) is 156 cm³/mol. The van der Waals surface area contributed by atoms with Gasteiger partial charge in [0.15, 0.2) is 0 Å². The molecule has 0 radical (unpaired) electrons. The van der Waals surface area contributed by atoms with Gasteiger partial charge in [0.1, 0.15) is 0 Å². The molecule has 0 aromatic carbocycles. The van der Waals surface area contributed by atoms with Crippen LogP contribution in [0.4, 0.5) is 0 Å². The Morgan fingerprint density at radius 2 is 1.81 bits per heavy atom. The zero-order chi connectivity index (χ0) is 27.5. The van der Waals surface area contributed by atoms with Crippen LogP contribution in [-0.4, -0.2) is 73.2 Å². The van der Waals surface area contributed by atoms with E-state index in [1.807, 2.05) is 4.90 Å². The number of rotatable bonds is 17. The van der Waals surface area contributed by atoms with Gasteiger partial charge < -0.3 is 9.80 Å². The summed E-state index contributed by atoms with van der Waals surface area (Å²) >= 11 is 0. The van der Waals surface area contributed by atoms with Gasteiger partial charge in [-0.15, -0.1) is 0 Å². The van der Waals surface area contributed by atoms with E-state index in [1.165, 1.54) is 0 Å². The van der Waals surface area contributed by atoms with E-state index < -0.39 is 10.0 Å². The molecule has 0 unspecified atom stereocenters. The fourth-order valence-corrected chi connectivity index (χ4v) is 7.64. The molecular weight excluding hydrogens is 482 g/mol. The summed E-state index contributed by atoms with van der Waals surface area (Å²) in [6, 6.07) is 0.509. The van der Waals surface area contributed by atoms with E-state index in [4.69, 9.17) is 0 Å². The Morgan fingerprint density at radius 3 is 2.30 bits per heavy atom. The van der Waals surface area contributed by atoms with Crippen LogP contribution in [0.2, 0.25) is 0 Å². The van der Waals surface area contributed by atoms with Gasteiger partial charge in [0.25, 0.3) is 0 Å². The Morgan fingerprint density at radius 1 is 1.14 bits per heavy atom. The molecule has 1 saturated heterocycles. The summed E-state index contributed by atoms with van der Waals surface area (Å²) in [5, 5.41) is 0. The lowest BCUT2D eigenvalue weighted by Gasteiger charge is -2.39. The summed E-state index contributed by atoms with van der Waals surface area (Å²) in [5.41, 5.74) is -0.237. The SMILES string of the molecule is C=C/C=C\C(=C/C)S(=O)(=O)N(CC1(CC(=O)N2CCC(N(CC)CCC)CC2)CC1)[C@H](CC)CCCC. The highest BCUT2D eigenvalue weighted by atomic mass is 32.2. The molecule has 0 spiro atoms. The maximum absolute atomic E-state index is 13.9. The van der Waals surface area contributed by atoms with E-state index in [1.54, 1.807) is 35.5 Å². The summed E-state index contributed by atoms with van der Waals surface area (Å²) in [6.07, 6.45) is 15.7. The summed E-state index contributed by atoms with van der Waals surface area (Å²) in [5.74, 6) is 0.200. The van der Waals surface area contributed by atoms with Crippen LogP contribution in [-0.2, 0) is 14.8 Å². The molecule has 1 amide bonds. The fraction of sp³-hybridized carbons (Fsp3) is 0.767. The zero-order valence-electron chi connectivity index (χ0n) is 24.3. The van der Waals surface area contributed by atoms with Crippen LogP contribution in [0.15, 0.2) is 35.8 Å². The van der Waals surface area contributed by atoms with E-state index >= 15 is 0 Å². The number of carbonyl (C=O) groups is 1. The third-order valence-corrected chi connectivity index (χ3v) is 10.3. The molecule has 0 N–H and O–H groups in total. The van der Waals surface area contributed by atoms with Crippen molar-refractivity contribution >= 4 is 15.9 Å². The highest BCUT2D eigenvalue weighted by Crippen LogP contribution is 2.51. The van der Waals surface area contributed by atoms with E-state index in [9.17, 15) is 13.2 Å². The summed E-state index contributed by atoms with van der Waals surface area (Å²) in [6.45, 7) is 18.4. The highest BCUT2D eigenvalue weighted by Gasteiger charge is 2.49. The van der Waals surface area contributed by atoms with Crippen molar-refractivity contribution in [1.29, 1.82) is 0 Å². The minimum absolute atomic E-state index is 0.0565. The quantitative estimate of drug-likeness (QED) is 0.210. The summed E-state index contributed by atoms with van der Waals surface area (Å²) in [4.78, 5) is 18.3. The number of unbranched alkanes of at least 4 members (excludes halogenated alkanes) is 1. The van der Waals surface area contributed by atoms with Crippen molar-refractivity contribution in [2.24, 2.45) is 5.41 Å². The first-order chi connectivity index (χ1) is 17.7. The van der Waals surface area contributed by atoms with E-state index in [0.717, 1.165) is 84.0 Å². The van der Waals surface area contributed by atoms with Crippen LogP contribution in [0, 0.1) is 5.41 Å². The van der Waals surface area contributed by atoms with Gasteiger partial charge in [0, 0.05) is 38.1 Å². The van der Waals surface area contributed by atoms with E-state index in [2.05, 4.69) is 39.2 Å². The van der Waals surface area contributed by atoms with Gasteiger partial charge in [-0.2, -0.15) is 4.31 Å². The van der Waals surface area contributed by atoms with Crippen molar-refractivity contribution < 1.29 is 13.2 Å². The number of sulfonamides is 1. The fourth-order valence-electron chi connectivity index (χ4n) is 5.73. The second-order valence-electron chi connectivity index (χ2n) is 11.0. The molecule has 37 heavy (non-hydrogen) atoms. The lowest BCUT2D eigenvalue weighted by atomic mass is 9.97. The van der Waals surface area contributed by atoms with Crippen molar-refractivity contribution in [2.75, 3.05) is 32.7 Å². The van der Waals surface area contributed by atoms with Crippen LogP contribution in [0.3, 0.4) is 0 Å². The molecule has 1 aliphatic carbocycles. The van der Waals surface area contributed by atoms with Gasteiger partial charge in [0.2, 0.25) is 15.9 Å². The average Bonchev–Trinajstić information content (AvgIpc) is 3.66. The Labute approximate surface area is 227 Å². The molecule has 0 aromatic heterocycles. The maximum Gasteiger partial charge on any atom is 0.243 e. The maximum atomic E-state index is 13.9. The van der Waals surface area contributed by atoms with E-state index in [-0.39, 0.29) is 17.4 Å². The van der Waals surface area contributed by atoms with Crippen molar-refractivity contribution in [3.8, 4) is 0 Å². The van der Waals surface area contributed by atoms with Crippen molar-refractivity contribution in [3.05, 3.63) is 35.8 Å².